The third-order valence-electron chi connectivity index (χ3n) is 4.66. The normalized spacial score (nSPS) is 14.4. The Hall–Kier alpha value is -0.780. The number of hydrogen-bond donors (Lipinski definition) is 3. The van der Waals surface area contributed by atoms with Crippen molar-refractivity contribution in [3.8, 4) is 0 Å². The van der Waals surface area contributed by atoms with Crippen molar-refractivity contribution in [2.75, 3.05) is 0 Å². The first kappa shape index (κ1) is 31.9. The summed E-state index contributed by atoms with van der Waals surface area (Å²) in [6, 6.07) is 0. The molecule has 0 heterocycles. The minimum atomic E-state index is -0.468. The lowest BCUT2D eigenvalue weighted by Gasteiger charge is -2.20. The van der Waals surface area contributed by atoms with Crippen LogP contribution in [0.5, 0.6) is 0 Å². The molecule has 0 aliphatic rings. The van der Waals surface area contributed by atoms with Gasteiger partial charge < -0.3 is 15.3 Å². The van der Waals surface area contributed by atoms with Crippen LogP contribution < -0.4 is 0 Å². The van der Waals surface area contributed by atoms with Gasteiger partial charge in [0.15, 0.2) is 0 Å². The SMILES string of the molecule is CC(=O)C(C)C.CC(C)C(=O)CC(O)C(C)C.CC(C)C(O)CC(O)C(C)C. The van der Waals surface area contributed by atoms with Crippen molar-refractivity contribution in [1.82, 2.24) is 0 Å². The number of aliphatic hydroxyl groups is 3. The monoisotopic (exact) mass is 404 g/mol. The summed E-state index contributed by atoms with van der Waals surface area (Å²) in [6.45, 7) is 20.8. The highest BCUT2D eigenvalue weighted by molar-refractivity contribution is 5.80. The summed E-state index contributed by atoms with van der Waals surface area (Å²) >= 11 is 0. The first-order valence-electron chi connectivity index (χ1n) is 10.6. The number of carbonyl (C=O) groups is 2. The van der Waals surface area contributed by atoms with Crippen LogP contribution in [0, 0.1) is 29.6 Å². The van der Waals surface area contributed by atoms with Crippen LogP contribution in [0.25, 0.3) is 0 Å². The molecule has 0 fully saturated rings. The second-order valence-corrected chi connectivity index (χ2v) is 9.26. The highest BCUT2D eigenvalue weighted by atomic mass is 16.3. The van der Waals surface area contributed by atoms with E-state index >= 15 is 0 Å². The van der Waals surface area contributed by atoms with E-state index in [4.69, 9.17) is 0 Å². The average molecular weight is 405 g/mol. The molecule has 0 aliphatic heterocycles. The summed E-state index contributed by atoms with van der Waals surface area (Å²) in [5, 5.41) is 28.1. The largest absolute Gasteiger partial charge is 0.393 e. The molecule has 0 bridgehead atoms. The van der Waals surface area contributed by atoms with Crippen molar-refractivity contribution in [2.45, 2.75) is 107 Å². The van der Waals surface area contributed by atoms with E-state index in [1.165, 1.54) is 0 Å². The van der Waals surface area contributed by atoms with Crippen molar-refractivity contribution >= 4 is 11.6 Å². The van der Waals surface area contributed by atoms with E-state index in [0.717, 1.165) is 0 Å². The van der Waals surface area contributed by atoms with Gasteiger partial charge in [-0.1, -0.05) is 69.2 Å². The van der Waals surface area contributed by atoms with Gasteiger partial charge in [-0.2, -0.15) is 0 Å². The van der Waals surface area contributed by atoms with E-state index in [9.17, 15) is 24.9 Å². The van der Waals surface area contributed by atoms with Crippen LogP contribution in [0.4, 0.5) is 0 Å². The molecule has 0 rings (SSSR count). The van der Waals surface area contributed by atoms with E-state index < -0.39 is 6.10 Å². The van der Waals surface area contributed by atoms with Crippen molar-refractivity contribution < 1.29 is 24.9 Å². The Bertz CT molecular complexity index is 388. The number of hydrogen-bond acceptors (Lipinski definition) is 5. The maximum atomic E-state index is 11.1. The van der Waals surface area contributed by atoms with E-state index in [-0.39, 0.29) is 53.4 Å². The third kappa shape index (κ3) is 20.0. The van der Waals surface area contributed by atoms with Crippen molar-refractivity contribution in [3.63, 3.8) is 0 Å². The number of aliphatic hydroxyl groups excluding tert-OH is 3. The molecule has 0 aliphatic carbocycles. The number of rotatable bonds is 9. The lowest BCUT2D eigenvalue weighted by atomic mass is 9.95. The van der Waals surface area contributed by atoms with E-state index in [2.05, 4.69) is 0 Å². The molecule has 0 spiro atoms. The van der Waals surface area contributed by atoms with Gasteiger partial charge in [-0.15, -0.1) is 0 Å². The molecule has 170 valence electrons. The van der Waals surface area contributed by atoms with Crippen molar-refractivity contribution in [1.29, 1.82) is 0 Å². The Labute approximate surface area is 173 Å². The standard InChI is InChI=1S/C9H20O2.C9H18O2.C5H10O/c2*1-6(2)8(10)5-9(11)7(3)4;1-4(2)5(3)6/h6-11H,5H2,1-4H3;6-8,10H,5H2,1-4H3;4H,1-3H3. The zero-order valence-corrected chi connectivity index (χ0v) is 20.2. The van der Waals surface area contributed by atoms with Gasteiger partial charge in [-0.05, 0) is 31.1 Å². The number of carbonyl (C=O) groups excluding carboxylic acids is 2. The summed E-state index contributed by atoms with van der Waals surface area (Å²) in [5.74, 6) is 1.32. The predicted molar refractivity (Wildman–Crippen MR) is 117 cm³/mol. The Balaban J connectivity index is -0.000000351. The summed E-state index contributed by atoms with van der Waals surface area (Å²) < 4.78 is 0. The Morgan fingerprint density at radius 3 is 1.07 bits per heavy atom. The van der Waals surface area contributed by atoms with E-state index in [0.29, 0.717) is 12.8 Å². The second kappa shape index (κ2) is 17.1. The maximum Gasteiger partial charge on any atom is 0.138 e. The molecule has 3 N–H and O–H groups in total. The third-order valence-corrected chi connectivity index (χ3v) is 4.66. The zero-order valence-electron chi connectivity index (χ0n) is 20.2. The molecular weight excluding hydrogens is 356 g/mol. The molecule has 3 atom stereocenters. The smallest absolute Gasteiger partial charge is 0.138 e. The van der Waals surface area contributed by atoms with Crippen LogP contribution in [0.3, 0.4) is 0 Å². The zero-order chi connectivity index (χ0) is 23.2. The summed E-state index contributed by atoms with van der Waals surface area (Å²) in [4.78, 5) is 21.2. The molecule has 28 heavy (non-hydrogen) atoms. The fourth-order valence-electron chi connectivity index (χ4n) is 1.47. The quantitative estimate of drug-likeness (QED) is 0.534. The molecular formula is C23H48O5. The van der Waals surface area contributed by atoms with Crippen molar-refractivity contribution in [2.24, 2.45) is 29.6 Å². The van der Waals surface area contributed by atoms with Gasteiger partial charge in [-0.3, -0.25) is 9.59 Å². The summed E-state index contributed by atoms with van der Waals surface area (Å²) in [6.07, 6.45) is -0.408. The van der Waals surface area contributed by atoms with Gasteiger partial charge in [0.2, 0.25) is 0 Å². The van der Waals surface area contributed by atoms with Crippen LogP contribution in [0.2, 0.25) is 0 Å². The van der Waals surface area contributed by atoms with Gasteiger partial charge >= 0.3 is 0 Å². The van der Waals surface area contributed by atoms with Gasteiger partial charge in [0, 0.05) is 18.3 Å². The minimum Gasteiger partial charge on any atom is -0.393 e. The molecule has 3 unspecified atom stereocenters. The fourth-order valence-corrected chi connectivity index (χ4v) is 1.47. The molecule has 5 nitrogen and oxygen atoms in total. The Kier molecular flexibility index (Phi) is 19.5. The molecule has 0 aromatic rings. The molecule has 0 saturated heterocycles. The summed E-state index contributed by atoms with van der Waals surface area (Å²) in [5.41, 5.74) is 0. The van der Waals surface area contributed by atoms with Crippen molar-refractivity contribution in [3.05, 3.63) is 0 Å². The van der Waals surface area contributed by atoms with Crippen LogP contribution in [-0.2, 0) is 9.59 Å². The van der Waals surface area contributed by atoms with E-state index in [1.807, 2.05) is 69.2 Å². The molecule has 0 saturated carbocycles. The first-order chi connectivity index (χ1) is 12.5. The molecule has 5 heteroatoms. The highest BCUT2D eigenvalue weighted by Gasteiger charge is 2.17. The average Bonchev–Trinajstić information content (AvgIpc) is 2.55. The molecule has 0 aromatic carbocycles. The number of ketones is 2. The lowest BCUT2D eigenvalue weighted by molar-refractivity contribution is -0.124. The molecule has 0 aromatic heterocycles. The van der Waals surface area contributed by atoms with Crippen LogP contribution in [0.1, 0.15) is 89.0 Å². The van der Waals surface area contributed by atoms with Gasteiger partial charge in [0.05, 0.1) is 18.3 Å². The predicted octanol–water partition coefficient (Wildman–Crippen LogP) is 4.26. The summed E-state index contributed by atoms with van der Waals surface area (Å²) in [7, 11) is 0. The molecule has 0 amide bonds. The Morgan fingerprint density at radius 2 is 0.893 bits per heavy atom. The minimum absolute atomic E-state index is 0.0448. The maximum absolute atomic E-state index is 11.1. The lowest BCUT2D eigenvalue weighted by Crippen LogP contribution is -2.25. The van der Waals surface area contributed by atoms with Crippen LogP contribution in [-0.4, -0.2) is 45.2 Å². The highest BCUT2D eigenvalue weighted by Crippen LogP contribution is 2.13. The van der Waals surface area contributed by atoms with Crippen LogP contribution in [0.15, 0.2) is 0 Å². The molecule has 0 radical (unpaired) electrons. The van der Waals surface area contributed by atoms with Gasteiger partial charge in [-0.25, -0.2) is 0 Å². The van der Waals surface area contributed by atoms with Gasteiger partial charge in [0.25, 0.3) is 0 Å². The number of Topliss-reactive ketones (excluding diaryl/α,β-unsaturated/α-hetero) is 2. The fraction of sp³-hybridized carbons (Fsp3) is 0.913. The van der Waals surface area contributed by atoms with Crippen LogP contribution >= 0.6 is 0 Å². The van der Waals surface area contributed by atoms with Gasteiger partial charge in [0.1, 0.15) is 11.6 Å². The Morgan fingerprint density at radius 1 is 0.607 bits per heavy atom. The first-order valence-corrected chi connectivity index (χ1v) is 10.6. The van der Waals surface area contributed by atoms with E-state index in [1.54, 1.807) is 6.92 Å². The topological polar surface area (TPSA) is 94.8 Å². The second-order valence-electron chi connectivity index (χ2n) is 9.26.